The minimum Gasteiger partial charge on any atom is -0.456 e. The molecule has 0 saturated heterocycles. The molecule has 2 aromatic heterocycles. The highest BCUT2D eigenvalue weighted by molar-refractivity contribution is 6.35. The van der Waals surface area contributed by atoms with Crippen LogP contribution < -0.4 is 0 Å². The molecule has 0 amide bonds. The highest BCUT2D eigenvalue weighted by atomic mass is 35.5. The minimum atomic E-state index is -0.384. The third-order valence-electron chi connectivity index (χ3n) is 3.66. The average Bonchev–Trinajstić information content (AvgIpc) is 3.22. The highest BCUT2D eigenvalue weighted by Gasteiger charge is 2.20. The van der Waals surface area contributed by atoms with E-state index in [9.17, 15) is 0 Å². The van der Waals surface area contributed by atoms with Crippen LogP contribution >= 0.6 is 23.2 Å². The van der Waals surface area contributed by atoms with Crippen molar-refractivity contribution in [2.75, 3.05) is 13.3 Å². The first-order valence-electron chi connectivity index (χ1n) is 7.94. The quantitative estimate of drug-likeness (QED) is 0.772. The van der Waals surface area contributed by atoms with Crippen LogP contribution in [-0.4, -0.2) is 38.1 Å². The summed E-state index contributed by atoms with van der Waals surface area (Å²) in [6.45, 7) is 2.70. The maximum Gasteiger partial charge on any atom is 0.298 e. The second-order valence-corrected chi connectivity index (χ2v) is 6.40. The number of aliphatic hydroxyl groups excluding tert-OH is 1. The van der Waals surface area contributed by atoms with Crippen molar-refractivity contribution in [3.63, 3.8) is 0 Å². The van der Waals surface area contributed by atoms with E-state index < -0.39 is 0 Å². The first kappa shape index (κ1) is 18.6. The van der Waals surface area contributed by atoms with Gasteiger partial charge in [0.25, 0.3) is 5.95 Å². The van der Waals surface area contributed by atoms with Crippen LogP contribution in [0.3, 0.4) is 0 Å². The van der Waals surface area contributed by atoms with Crippen molar-refractivity contribution in [1.82, 2.24) is 19.7 Å². The molecular formula is C17H18Cl2N4O3. The van der Waals surface area contributed by atoms with Gasteiger partial charge in [0.05, 0.1) is 35.6 Å². The van der Waals surface area contributed by atoms with Crippen molar-refractivity contribution in [2.45, 2.75) is 19.6 Å². The van der Waals surface area contributed by atoms with E-state index >= 15 is 0 Å². The van der Waals surface area contributed by atoms with Gasteiger partial charge in [0, 0.05) is 35.9 Å². The van der Waals surface area contributed by atoms with Crippen molar-refractivity contribution >= 4 is 29.3 Å². The van der Waals surface area contributed by atoms with Gasteiger partial charge in [-0.3, -0.25) is 9.67 Å². The summed E-state index contributed by atoms with van der Waals surface area (Å²) in [5, 5.41) is 13.9. The first-order valence-corrected chi connectivity index (χ1v) is 8.70. The van der Waals surface area contributed by atoms with Gasteiger partial charge in [-0.25, -0.2) is 0 Å². The molecule has 1 aliphatic heterocycles. The fourth-order valence-corrected chi connectivity index (χ4v) is 3.09. The first-order chi connectivity index (χ1) is 12.6. The zero-order valence-corrected chi connectivity index (χ0v) is 15.6. The molecule has 138 valence electrons. The molecule has 1 aliphatic rings. The van der Waals surface area contributed by atoms with E-state index in [1.807, 2.05) is 30.3 Å². The molecule has 0 unspecified atom stereocenters. The molecule has 0 aromatic carbocycles. The molecule has 0 bridgehead atoms. The fraction of sp³-hybridized carbons (Fsp3) is 0.294. The molecule has 0 aliphatic carbocycles. The van der Waals surface area contributed by atoms with Crippen molar-refractivity contribution in [1.29, 1.82) is 0 Å². The molecule has 3 rings (SSSR count). The number of hydrogen-bond acceptors (Lipinski definition) is 6. The van der Waals surface area contributed by atoms with Gasteiger partial charge in [-0.2, -0.15) is 5.10 Å². The van der Waals surface area contributed by atoms with Crippen molar-refractivity contribution in [3.05, 3.63) is 64.3 Å². The summed E-state index contributed by atoms with van der Waals surface area (Å²) in [6, 6.07) is 0. The van der Waals surface area contributed by atoms with E-state index in [-0.39, 0.29) is 12.7 Å². The molecular weight excluding hydrogens is 379 g/mol. The lowest BCUT2D eigenvalue weighted by molar-refractivity contribution is 0.00425. The number of aromatic nitrogens is 3. The van der Waals surface area contributed by atoms with Crippen LogP contribution in [0.2, 0.25) is 10.0 Å². The zero-order chi connectivity index (χ0) is 18.5. The summed E-state index contributed by atoms with van der Waals surface area (Å²) in [7, 11) is 0. The standard InChI is InChI=1S/C17H18Cl2N4O3/c1-12(17-14(18)7-20-8-15(17)19)26-16-10-22(11-25-16)3-2-13-6-21-23(9-13)4-5-24/h2-3,6-10,12,24H,4-5,11H2,1H3/b3-2+/t12-/m1/s1. The van der Waals surface area contributed by atoms with Gasteiger partial charge < -0.3 is 19.5 Å². The Kier molecular flexibility index (Phi) is 6.03. The Morgan fingerprint density at radius 1 is 1.35 bits per heavy atom. The Morgan fingerprint density at radius 3 is 2.85 bits per heavy atom. The molecule has 2 aromatic rings. The second-order valence-electron chi connectivity index (χ2n) is 5.59. The Balaban J connectivity index is 1.61. The number of halogens is 2. The Hall–Kier alpha value is -2.22. The van der Waals surface area contributed by atoms with Gasteiger partial charge in [-0.1, -0.05) is 23.2 Å². The lowest BCUT2D eigenvalue weighted by Gasteiger charge is -2.16. The lowest BCUT2D eigenvalue weighted by Crippen LogP contribution is -2.05. The van der Waals surface area contributed by atoms with E-state index in [1.165, 1.54) is 12.4 Å². The van der Waals surface area contributed by atoms with Crippen LogP contribution in [0, 0.1) is 0 Å². The number of nitrogens with zero attached hydrogens (tertiary/aromatic N) is 4. The lowest BCUT2D eigenvalue weighted by atomic mass is 10.2. The van der Waals surface area contributed by atoms with Crippen molar-refractivity contribution in [3.8, 4) is 0 Å². The van der Waals surface area contributed by atoms with Crippen molar-refractivity contribution in [2.24, 2.45) is 0 Å². The van der Waals surface area contributed by atoms with E-state index in [4.69, 9.17) is 37.8 Å². The Bertz CT molecular complexity index is 802. The SMILES string of the molecule is C[C@@H](OC1=CN(/C=C/c2cnn(CCO)c2)CO1)c1c(Cl)cncc1Cl. The summed E-state index contributed by atoms with van der Waals surface area (Å²) < 4.78 is 13.0. The van der Waals surface area contributed by atoms with Gasteiger partial charge >= 0.3 is 0 Å². The van der Waals surface area contributed by atoms with Gasteiger partial charge in [-0.15, -0.1) is 0 Å². The summed E-state index contributed by atoms with van der Waals surface area (Å²) in [5.74, 6) is 0.377. The monoisotopic (exact) mass is 396 g/mol. The zero-order valence-electron chi connectivity index (χ0n) is 14.0. The van der Waals surface area contributed by atoms with Crippen LogP contribution in [0.4, 0.5) is 0 Å². The molecule has 0 fully saturated rings. The van der Waals surface area contributed by atoms with Gasteiger partial charge in [0.2, 0.25) is 0 Å². The average molecular weight is 397 g/mol. The number of hydrogen-bond donors (Lipinski definition) is 1. The number of rotatable bonds is 7. The Labute approximate surface area is 161 Å². The summed E-state index contributed by atoms with van der Waals surface area (Å²) >= 11 is 12.3. The van der Waals surface area contributed by atoms with Crippen LogP contribution in [-0.2, 0) is 16.0 Å². The predicted molar refractivity (Wildman–Crippen MR) is 98.0 cm³/mol. The molecule has 3 heterocycles. The summed E-state index contributed by atoms with van der Waals surface area (Å²) in [4.78, 5) is 5.77. The Morgan fingerprint density at radius 2 is 2.12 bits per heavy atom. The van der Waals surface area contributed by atoms with Crippen molar-refractivity contribution < 1.29 is 14.6 Å². The number of aliphatic hydroxyl groups is 1. The molecule has 0 saturated carbocycles. The second kappa shape index (κ2) is 8.44. The van der Waals surface area contributed by atoms with Crippen LogP contribution in [0.15, 0.2) is 43.1 Å². The molecule has 0 radical (unpaired) electrons. The van der Waals surface area contributed by atoms with Gasteiger partial charge in [0.15, 0.2) is 6.73 Å². The minimum absolute atomic E-state index is 0.0535. The predicted octanol–water partition coefficient (Wildman–Crippen LogP) is 3.41. The summed E-state index contributed by atoms with van der Waals surface area (Å²) in [6.07, 6.45) is 11.7. The normalized spacial score (nSPS) is 15.2. The number of ether oxygens (including phenoxy) is 2. The third kappa shape index (κ3) is 4.49. The topological polar surface area (TPSA) is 72.6 Å². The molecule has 1 N–H and O–H groups in total. The van der Waals surface area contributed by atoms with E-state index in [0.29, 0.717) is 34.8 Å². The molecule has 9 heteroatoms. The van der Waals surface area contributed by atoms with Gasteiger partial charge in [-0.05, 0) is 13.0 Å². The maximum absolute atomic E-state index is 8.90. The number of pyridine rings is 1. The molecule has 0 spiro atoms. The van der Waals surface area contributed by atoms with E-state index in [0.717, 1.165) is 5.56 Å². The van der Waals surface area contributed by atoms with Crippen LogP contribution in [0.1, 0.15) is 24.2 Å². The fourth-order valence-electron chi connectivity index (χ4n) is 2.41. The van der Waals surface area contributed by atoms with E-state index in [1.54, 1.807) is 17.1 Å². The highest BCUT2D eigenvalue weighted by Crippen LogP contribution is 2.33. The third-order valence-corrected chi connectivity index (χ3v) is 4.26. The smallest absolute Gasteiger partial charge is 0.298 e. The molecule has 26 heavy (non-hydrogen) atoms. The molecule has 7 nitrogen and oxygen atoms in total. The van der Waals surface area contributed by atoms with Crippen LogP contribution in [0.25, 0.3) is 6.08 Å². The largest absolute Gasteiger partial charge is 0.456 e. The summed E-state index contributed by atoms with van der Waals surface area (Å²) in [5.41, 5.74) is 1.59. The van der Waals surface area contributed by atoms with Gasteiger partial charge in [0.1, 0.15) is 6.10 Å². The molecule has 1 atom stereocenters. The van der Waals surface area contributed by atoms with E-state index in [2.05, 4.69) is 10.1 Å². The maximum atomic E-state index is 8.90. The van der Waals surface area contributed by atoms with Crippen LogP contribution in [0.5, 0.6) is 0 Å².